The molecule has 0 saturated heterocycles. The second-order valence-corrected chi connectivity index (χ2v) is 6.65. The molecule has 0 heterocycles. The smallest absolute Gasteiger partial charge is 0.166 e. The number of hydrogen-bond donors (Lipinski definition) is 2. The van der Waals surface area contributed by atoms with Gasteiger partial charge < -0.3 is 10.6 Å². The van der Waals surface area contributed by atoms with Gasteiger partial charge in [-0.15, -0.1) is 0 Å². The predicted octanol–water partition coefficient (Wildman–Crippen LogP) is 5.22. The molecule has 1 aromatic rings. The largest absolute Gasteiger partial charge is 0.363 e. The van der Waals surface area contributed by atoms with E-state index < -0.39 is 0 Å². The van der Waals surface area contributed by atoms with Crippen molar-refractivity contribution in [2.45, 2.75) is 71.1 Å². The molecule has 2 nitrogen and oxygen atoms in total. The fourth-order valence-electron chi connectivity index (χ4n) is 2.67. The monoisotopic (exact) mass is 334 g/mol. The molecule has 0 aliphatic rings. The molecule has 1 rings (SSSR count). The Morgan fingerprint density at radius 3 is 2.00 bits per heavy atom. The average molecular weight is 335 g/mol. The molecule has 0 saturated carbocycles. The summed E-state index contributed by atoms with van der Waals surface area (Å²) in [5, 5.41) is 7.38. The first-order chi connectivity index (χ1) is 11.3. The zero-order chi connectivity index (χ0) is 16.6. The average Bonchev–Trinajstić information content (AvgIpc) is 2.57. The first kappa shape index (κ1) is 20.0. The maximum absolute atomic E-state index is 5.31. The summed E-state index contributed by atoms with van der Waals surface area (Å²) >= 11 is 5.31. The number of hydrogen-bond acceptors (Lipinski definition) is 1. The van der Waals surface area contributed by atoms with Gasteiger partial charge in [0.2, 0.25) is 0 Å². The summed E-state index contributed by atoms with van der Waals surface area (Å²) in [5.74, 6) is 0. The maximum Gasteiger partial charge on any atom is 0.166 e. The Hall–Kier alpha value is -1.09. The maximum atomic E-state index is 5.31. The minimum atomic E-state index is 0.792. The molecule has 0 aliphatic heterocycles. The van der Waals surface area contributed by atoms with Crippen LogP contribution in [0.15, 0.2) is 30.3 Å². The summed E-state index contributed by atoms with van der Waals surface area (Å²) in [4.78, 5) is 0. The highest BCUT2D eigenvalue weighted by molar-refractivity contribution is 7.80. The summed E-state index contributed by atoms with van der Waals surface area (Å²) in [6.45, 7) is 4.16. The van der Waals surface area contributed by atoms with E-state index in [0.717, 1.165) is 24.6 Å². The molecule has 0 spiro atoms. The van der Waals surface area contributed by atoms with Crippen molar-refractivity contribution in [2.75, 3.05) is 13.1 Å². The fourth-order valence-corrected chi connectivity index (χ4v) is 2.87. The van der Waals surface area contributed by atoms with Gasteiger partial charge >= 0.3 is 0 Å². The van der Waals surface area contributed by atoms with Gasteiger partial charge in [-0.05, 0) is 30.6 Å². The zero-order valence-corrected chi connectivity index (χ0v) is 15.6. The molecule has 130 valence electrons. The van der Waals surface area contributed by atoms with Gasteiger partial charge in [0.25, 0.3) is 0 Å². The molecular formula is C20H34N2S. The third-order valence-corrected chi connectivity index (χ3v) is 4.40. The summed E-state index contributed by atoms with van der Waals surface area (Å²) in [6.07, 6.45) is 13.3. The van der Waals surface area contributed by atoms with Gasteiger partial charge in [-0.3, -0.25) is 0 Å². The van der Waals surface area contributed by atoms with Crippen LogP contribution < -0.4 is 10.6 Å². The molecule has 0 atom stereocenters. The molecule has 0 radical (unpaired) electrons. The molecule has 3 heteroatoms. The fraction of sp³-hybridized carbons (Fsp3) is 0.650. The topological polar surface area (TPSA) is 24.1 Å². The van der Waals surface area contributed by atoms with Gasteiger partial charge in [0, 0.05) is 13.1 Å². The second kappa shape index (κ2) is 14.5. The summed E-state index contributed by atoms with van der Waals surface area (Å²) < 4.78 is 0. The van der Waals surface area contributed by atoms with Crippen LogP contribution in [-0.2, 0) is 6.42 Å². The van der Waals surface area contributed by atoms with Crippen LogP contribution in [0.1, 0.15) is 70.3 Å². The van der Waals surface area contributed by atoms with Crippen molar-refractivity contribution in [3.63, 3.8) is 0 Å². The van der Waals surface area contributed by atoms with Crippen molar-refractivity contribution in [1.82, 2.24) is 10.6 Å². The Bertz CT molecular complexity index is 392. The molecule has 0 fully saturated rings. The lowest BCUT2D eigenvalue weighted by Crippen LogP contribution is -2.36. The van der Waals surface area contributed by atoms with Crippen LogP contribution >= 0.6 is 12.2 Å². The van der Waals surface area contributed by atoms with Gasteiger partial charge in [0.05, 0.1) is 0 Å². The van der Waals surface area contributed by atoms with Gasteiger partial charge in [-0.1, -0.05) is 88.6 Å². The third-order valence-electron chi connectivity index (χ3n) is 4.11. The van der Waals surface area contributed by atoms with E-state index >= 15 is 0 Å². The van der Waals surface area contributed by atoms with E-state index in [9.17, 15) is 0 Å². The van der Waals surface area contributed by atoms with Gasteiger partial charge in [0.1, 0.15) is 0 Å². The second-order valence-electron chi connectivity index (χ2n) is 6.25. The summed E-state index contributed by atoms with van der Waals surface area (Å²) in [6, 6.07) is 10.5. The summed E-state index contributed by atoms with van der Waals surface area (Å²) in [7, 11) is 0. The minimum absolute atomic E-state index is 0.792. The molecule has 0 amide bonds. The number of benzene rings is 1. The Labute approximate surface area is 148 Å². The molecule has 2 N–H and O–H groups in total. The Kier molecular flexibility index (Phi) is 12.6. The van der Waals surface area contributed by atoms with E-state index in [0.29, 0.717) is 0 Å². The van der Waals surface area contributed by atoms with Crippen LogP contribution in [-0.4, -0.2) is 18.2 Å². The van der Waals surface area contributed by atoms with E-state index in [1.54, 1.807) is 0 Å². The van der Waals surface area contributed by atoms with Crippen molar-refractivity contribution in [1.29, 1.82) is 0 Å². The lowest BCUT2D eigenvalue weighted by molar-refractivity contribution is 0.562. The van der Waals surface area contributed by atoms with E-state index in [1.807, 2.05) is 6.07 Å². The molecule has 1 aromatic carbocycles. The highest BCUT2D eigenvalue weighted by atomic mass is 32.1. The van der Waals surface area contributed by atoms with Crippen molar-refractivity contribution >= 4 is 17.3 Å². The molecule has 0 bridgehead atoms. The summed E-state index contributed by atoms with van der Waals surface area (Å²) in [5.41, 5.74) is 1.35. The van der Waals surface area contributed by atoms with Gasteiger partial charge in [0.15, 0.2) is 5.11 Å². The Morgan fingerprint density at radius 1 is 0.783 bits per heavy atom. The van der Waals surface area contributed by atoms with E-state index in [4.69, 9.17) is 12.2 Å². The van der Waals surface area contributed by atoms with Gasteiger partial charge in [-0.25, -0.2) is 0 Å². The van der Waals surface area contributed by atoms with Crippen molar-refractivity contribution in [3.05, 3.63) is 35.9 Å². The highest BCUT2D eigenvalue weighted by Crippen LogP contribution is 2.09. The van der Waals surface area contributed by atoms with Crippen molar-refractivity contribution in [3.8, 4) is 0 Å². The van der Waals surface area contributed by atoms with Crippen molar-refractivity contribution < 1.29 is 0 Å². The first-order valence-electron chi connectivity index (χ1n) is 9.38. The number of rotatable bonds is 13. The van der Waals surface area contributed by atoms with Crippen molar-refractivity contribution in [2.24, 2.45) is 0 Å². The lowest BCUT2D eigenvalue weighted by atomic mass is 10.1. The van der Waals surface area contributed by atoms with Crippen LogP contribution in [0.5, 0.6) is 0 Å². The van der Waals surface area contributed by atoms with Crippen LogP contribution in [0.25, 0.3) is 0 Å². The predicted molar refractivity (Wildman–Crippen MR) is 106 cm³/mol. The standard InChI is InChI=1S/C20H34N2S/c1-2-3-4-5-6-7-8-9-13-17-21-20(23)22-18-16-19-14-11-10-12-15-19/h10-12,14-15H,2-9,13,16-18H2,1H3,(H2,21,22,23). The molecular weight excluding hydrogens is 300 g/mol. The quantitative estimate of drug-likeness (QED) is 0.382. The number of thiocarbonyl (C=S) groups is 1. The van der Waals surface area contributed by atoms with Crippen LogP contribution in [0.4, 0.5) is 0 Å². The first-order valence-corrected chi connectivity index (χ1v) is 9.79. The minimum Gasteiger partial charge on any atom is -0.363 e. The molecule has 0 aliphatic carbocycles. The Morgan fingerprint density at radius 2 is 1.35 bits per heavy atom. The van der Waals surface area contributed by atoms with Gasteiger partial charge in [-0.2, -0.15) is 0 Å². The zero-order valence-electron chi connectivity index (χ0n) is 14.8. The van der Waals surface area contributed by atoms with Crippen LogP contribution in [0.3, 0.4) is 0 Å². The van der Waals surface area contributed by atoms with E-state index in [2.05, 4.69) is 41.8 Å². The third kappa shape index (κ3) is 12.1. The van der Waals surface area contributed by atoms with Crippen LogP contribution in [0.2, 0.25) is 0 Å². The van der Waals surface area contributed by atoms with Crippen LogP contribution in [0, 0.1) is 0 Å². The lowest BCUT2D eigenvalue weighted by Gasteiger charge is -2.10. The molecule has 23 heavy (non-hydrogen) atoms. The number of nitrogens with one attached hydrogen (secondary N) is 2. The number of unbranched alkanes of at least 4 members (excludes halogenated alkanes) is 8. The SMILES string of the molecule is CCCCCCCCCCCNC(=S)NCCc1ccccc1. The Balaban J connectivity index is 1.85. The highest BCUT2D eigenvalue weighted by Gasteiger charge is 1.96. The molecule has 0 aromatic heterocycles. The van der Waals surface area contributed by atoms with E-state index in [-0.39, 0.29) is 0 Å². The van der Waals surface area contributed by atoms with E-state index in [1.165, 1.54) is 63.4 Å². The normalized spacial score (nSPS) is 10.5. The molecule has 0 unspecified atom stereocenters.